The molecule has 2 aromatic rings. The summed E-state index contributed by atoms with van der Waals surface area (Å²) in [5, 5.41) is 11.3. The number of anilines is 1. The third-order valence-electron chi connectivity index (χ3n) is 6.30. The number of hydrogen-bond acceptors (Lipinski definition) is 6. The molecule has 0 spiro atoms. The number of ether oxygens (including phenoxy) is 1. The van der Waals surface area contributed by atoms with Crippen molar-refractivity contribution in [3.8, 4) is 5.75 Å². The molecule has 2 aromatic carbocycles. The Balaban J connectivity index is 2.08. The van der Waals surface area contributed by atoms with Crippen molar-refractivity contribution in [2.45, 2.75) is 33.2 Å². The quantitative estimate of drug-likeness (QED) is 0.294. The molecule has 1 amide bonds. The number of benzene rings is 2. The van der Waals surface area contributed by atoms with Gasteiger partial charge in [0.05, 0.1) is 18.2 Å². The standard InChI is InChI=1S/C28H37N3O4/c1-6-30(7-2)22-15-13-20(14-16-22)25-24(26(32)21-11-9-12-23(19-21)35-8-3)27(33)28(34)31(25)18-10-17-29(4)5/h9,11-16,19,25,32H,6-8,10,17-18H2,1-5H3/b26-24-. The van der Waals surface area contributed by atoms with E-state index >= 15 is 0 Å². The van der Waals surface area contributed by atoms with Crippen LogP contribution < -0.4 is 9.64 Å². The van der Waals surface area contributed by atoms with Crippen molar-refractivity contribution in [3.05, 3.63) is 65.2 Å². The van der Waals surface area contributed by atoms with Crippen molar-refractivity contribution in [2.75, 3.05) is 51.8 Å². The fourth-order valence-corrected chi connectivity index (χ4v) is 4.53. The lowest BCUT2D eigenvalue weighted by molar-refractivity contribution is -0.139. The Kier molecular flexibility index (Phi) is 8.93. The second kappa shape index (κ2) is 11.9. The molecule has 7 heteroatoms. The Labute approximate surface area is 208 Å². The monoisotopic (exact) mass is 479 g/mol. The Hall–Kier alpha value is -3.32. The molecule has 1 unspecified atom stereocenters. The topological polar surface area (TPSA) is 73.3 Å². The first-order chi connectivity index (χ1) is 16.8. The average molecular weight is 480 g/mol. The molecule has 35 heavy (non-hydrogen) atoms. The van der Waals surface area contributed by atoms with E-state index in [2.05, 4.69) is 18.7 Å². The number of carbonyl (C=O) groups is 2. The summed E-state index contributed by atoms with van der Waals surface area (Å²) in [7, 11) is 3.95. The smallest absolute Gasteiger partial charge is 0.295 e. The number of likely N-dealkylation sites (tertiary alicyclic amines) is 1. The largest absolute Gasteiger partial charge is 0.507 e. The maximum Gasteiger partial charge on any atom is 0.295 e. The van der Waals surface area contributed by atoms with Gasteiger partial charge in [-0.3, -0.25) is 9.59 Å². The summed E-state index contributed by atoms with van der Waals surface area (Å²) in [6.45, 7) is 9.55. The molecule has 0 aromatic heterocycles. The number of aliphatic hydroxyl groups is 1. The lowest BCUT2D eigenvalue weighted by Gasteiger charge is -2.27. The van der Waals surface area contributed by atoms with Crippen LogP contribution in [0, 0.1) is 0 Å². The highest BCUT2D eigenvalue weighted by molar-refractivity contribution is 6.46. The lowest BCUT2D eigenvalue weighted by atomic mass is 9.95. The Morgan fingerprint density at radius 1 is 1.03 bits per heavy atom. The zero-order chi connectivity index (χ0) is 25.5. The molecule has 0 saturated carbocycles. The molecule has 1 aliphatic heterocycles. The van der Waals surface area contributed by atoms with Gasteiger partial charge in [-0.1, -0.05) is 24.3 Å². The van der Waals surface area contributed by atoms with Crippen LogP contribution in [0.15, 0.2) is 54.1 Å². The van der Waals surface area contributed by atoms with Gasteiger partial charge in [0.2, 0.25) is 0 Å². The van der Waals surface area contributed by atoms with Crippen molar-refractivity contribution in [3.63, 3.8) is 0 Å². The lowest BCUT2D eigenvalue weighted by Crippen LogP contribution is -2.32. The first kappa shape index (κ1) is 26.3. The van der Waals surface area contributed by atoms with E-state index in [0.29, 0.717) is 30.9 Å². The fraction of sp³-hybridized carbons (Fsp3) is 0.429. The Morgan fingerprint density at radius 3 is 2.31 bits per heavy atom. The Morgan fingerprint density at radius 2 is 1.71 bits per heavy atom. The molecule has 7 nitrogen and oxygen atoms in total. The summed E-state index contributed by atoms with van der Waals surface area (Å²) in [5.74, 6) is -0.828. The zero-order valence-corrected chi connectivity index (χ0v) is 21.5. The van der Waals surface area contributed by atoms with Gasteiger partial charge in [-0.15, -0.1) is 0 Å². The maximum atomic E-state index is 13.2. The molecule has 0 radical (unpaired) electrons. The number of Topliss-reactive ketones (excluding diaryl/α,β-unsaturated/α-hetero) is 1. The van der Waals surface area contributed by atoms with E-state index in [4.69, 9.17) is 4.74 Å². The minimum atomic E-state index is -0.660. The molecule has 0 aliphatic carbocycles. The average Bonchev–Trinajstić information content (AvgIpc) is 3.10. The van der Waals surface area contributed by atoms with Gasteiger partial charge in [0.1, 0.15) is 11.5 Å². The molecule has 1 aliphatic rings. The van der Waals surface area contributed by atoms with E-state index in [1.807, 2.05) is 50.2 Å². The van der Waals surface area contributed by atoms with E-state index in [0.717, 1.165) is 30.9 Å². The highest BCUT2D eigenvalue weighted by Crippen LogP contribution is 2.40. The minimum absolute atomic E-state index is 0.115. The van der Waals surface area contributed by atoms with Crippen LogP contribution in [0.1, 0.15) is 44.4 Å². The number of amides is 1. The van der Waals surface area contributed by atoms with E-state index in [-0.39, 0.29) is 11.3 Å². The molecular weight excluding hydrogens is 442 g/mol. The predicted molar refractivity (Wildman–Crippen MR) is 140 cm³/mol. The summed E-state index contributed by atoms with van der Waals surface area (Å²) < 4.78 is 5.57. The van der Waals surface area contributed by atoms with Gasteiger partial charge in [-0.05, 0) is 77.7 Å². The molecule has 1 fully saturated rings. The van der Waals surface area contributed by atoms with Crippen LogP contribution in [-0.4, -0.2) is 73.5 Å². The highest BCUT2D eigenvalue weighted by atomic mass is 16.5. The van der Waals surface area contributed by atoms with Gasteiger partial charge in [0, 0.05) is 30.9 Å². The van der Waals surface area contributed by atoms with Gasteiger partial charge in [-0.25, -0.2) is 0 Å². The molecule has 188 valence electrons. The zero-order valence-electron chi connectivity index (χ0n) is 21.5. The van der Waals surface area contributed by atoms with Gasteiger partial charge < -0.3 is 24.5 Å². The number of nitrogens with zero attached hydrogens (tertiary/aromatic N) is 3. The first-order valence-corrected chi connectivity index (χ1v) is 12.3. The maximum absolute atomic E-state index is 13.2. The van der Waals surface area contributed by atoms with Gasteiger partial charge in [0.15, 0.2) is 0 Å². The van der Waals surface area contributed by atoms with Gasteiger partial charge in [0.25, 0.3) is 11.7 Å². The summed E-state index contributed by atoms with van der Waals surface area (Å²) in [6, 6.07) is 14.2. The van der Waals surface area contributed by atoms with Crippen LogP contribution in [0.3, 0.4) is 0 Å². The number of rotatable bonds is 11. The molecule has 1 saturated heterocycles. The highest BCUT2D eigenvalue weighted by Gasteiger charge is 2.45. The van der Waals surface area contributed by atoms with E-state index in [1.54, 1.807) is 29.2 Å². The third kappa shape index (κ3) is 5.85. The molecule has 1 N–H and O–H groups in total. The second-order valence-corrected chi connectivity index (χ2v) is 8.87. The minimum Gasteiger partial charge on any atom is -0.507 e. The molecule has 3 rings (SSSR count). The normalized spacial score (nSPS) is 17.3. The molecule has 1 heterocycles. The number of carbonyl (C=O) groups excluding carboxylic acids is 2. The van der Waals surface area contributed by atoms with Crippen LogP contribution in [0.2, 0.25) is 0 Å². The summed E-state index contributed by atoms with van der Waals surface area (Å²) in [5.41, 5.74) is 2.44. The molecule has 0 bridgehead atoms. The van der Waals surface area contributed by atoms with Crippen molar-refractivity contribution in [1.29, 1.82) is 0 Å². The van der Waals surface area contributed by atoms with Crippen molar-refractivity contribution < 1.29 is 19.4 Å². The Bertz CT molecular complexity index is 1060. The van der Waals surface area contributed by atoms with Gasteiger partial charge in [-0.2, -0.15) is 0 Å². The number of ketones is 1. The number of hydrogen-bond donors (Lipinski definition) is 1. The van der Waals surface area contributed by atoms with Crippen LogP contribution in [0.4, 0.5) is 5.69 Å². The van der Waals surface area contributed by atoms with E-state index in [9.17, 15) is 14.7 Å². The predicted octanol–water partition coefficient (Wildman–Crippen LogP) is 4.30. The van der Waals surface area contributed by atoms with Crippen LogP contribution in [-0.2, 0) is 9.59 Å². The first-order valence-electron chi connectivity index (χ1n) is 12.3. The van der Waals surface area contributed by atoms with Crippen LogP contribution >= 0.6 is 0 Å². The van der Waals surface area contributed by atoms with Crippen molar-refractivity contribution >= 4 is 23.1 Å². The summed E-state index contributed by atoms with van der Waals surface area (Å²) in [4.78, 5) is 32.2. The van der Waals surface area contributed by atoms with Crippen molar-refractivity contribution in [2.24, 2.45) is 0 Å². The molecule has 1 atom stereocenters. The van der Waals surface area contributed by atoms with Crippen LogP contribution in [0.5, 0.6) is 5.75 Å². The molecular formula is C28H37N3O4. The number of aliphatic hydroxyl groups excluding tert-OH is 1. The van der Waals surface area contributed by atoms with E-state index < -0.39 is 17.7 Å². The second-order valence-electron chi connectivity index (χ2n) is 8.87. The summed E-state index contributed by atoms with van der Waals surface area (Å²) in [6.07, 6.45) is 0.716. The fourth-order valence-electron chi connectivity index (χ4n) is 4.53. The SMILES string of the molecule is CCOc1cccc(/C(O)=C2/C(=O)C(=O)N(CCCN(C)C)C2c2ccc(N(CC)CC)cc2)c1. The van der Waals surface area contributed by atoms with Gasteiger partial charge >= 0.3 is 0 Å². The van der Waals surface area contributed by atoms with Crippen molar-refractivity contribution in [1.82, 2.24) is 9.80 Å². The van der Waals surface area contributed by atoms with E-state index in [1.165, 1.54) is 0 Å². The van der Waals surface area contributed by atoms with Crippen LogP contribution in [0.25, 0.3) is 5.76 Å². The summed E-state index contributed by atoms with van der Waals surface area (Å²) >= 11 is 0. The third-order valence-corrected chi connectivity index (χ3v) is 6.30.